The number of hydrogen-bond acceptors (Lipinski definition) is 3. The fourth-order valence-electron chi connectivity index (χ4n) is 1.56. The molecule has 1 atom stereocenters. The van der Waals surface area contributed by atoms with Crippen LogP contribution in [-0.2, 0) is 0 Å². The highest BCUT2D eigenvalue weighted by Gasteiger charge is 2.27. The molecule has 0 N–H and O–H groups in total. The third-order valence-corrected chi connectivity index (χ3v) is 2.26. The van der Waals surface area contributed by atoms with Gasteiger partial charge in [-0.05, 0) is 13.8 Å². The van der Waals surface area contributed by atoms with Crippen molar-refractivity contribution in [3.63, 3.8) is 0 Å². The van der Waals surface area contributed by atoms with Crippen LogP contribution in [0.4, 0.5) is 0 Å². The van der Waals surface area contributed by atoms with E-state index < -0.39 is 0 Å². The maximum Gasteiger partial charge on any atom is 0.134 e. The van der Waals surface area contributed by atoms with E-state index in [-0.39, 0.29) is 0 Å². The molecule has 3 nitrogen and oxygen atoms in total. The molecule has 0 aliphatic carbocycles. The Morgan fingerprint density at radius 3 is 3.17 bits per heavy atom. The number of fused-ring (bicyclic) bond motifs is 1. The van der Waals surface area contributed by atoms with Crippen molar-refractivity contribution < 1.29 is 0 Å². The van der Waals surface area contributed by atoms with Crippen molar-refractivity contribution in [2.24, 2.45) is 9.98 Å². The van der Waals surface area contributed by atoms with Gasteiger partial charge in [-0.3, -0.25) is 4.99 Å². The van der Waals surface area contributed by atoms with Gasteiger partial charge in [0.15, 0.2) is 0 Å². The third-order valence-electron chi connectivity index (χ3n) is 2.07. The lowest BCUT2D eigenvalue weighted by Crippen LogP contribution is -2.39. The molecule has 0 aromatic carbocycles. The monoisotopic (exact) mass is 183 g/mol. The number of halogens is 1. The lowest BCUT2D eigenvalue weighted by atomic mass is 10.3. The van der Waals surface area contributed by atoms with Crippen LogP contribution in [0.5, 0.6) is 0 Å². The van der Waals surface area contributed by atoms with Gasteiger partial charge in [-0.15, -0.1) is 0 Å². The van der Waals surface area contributed by atoms with E-state index in [2.05, 4.69) is 21.8 Å². The maximum absolute atomic E-state index is 5.79. The van der Waals surface area contributed by atoms with Crippen molar-refractivity contribution >= 4 is 23.3 Å². The summed E-state index contributed by atoms with van der Waals surface area (Å²) in [5, 5.41) is 0.525. The number of nitrogens with zero attached hydrogens (tertiary/aromatic N) is 3. The van der Waals surface area contributed by atoms with Crippen molar-refractivity contribution in [2.75, 3.05) is 6.54 Å². The van der Waals surface area contributed by atoms with Crippen molar-refractivity contribution in [3.05, 3.63) is 11.2 Å². The van der Waals surface area contributed by atoms with Crippen LogP contribution in [-0.4, -0.2) is 29.2 Å². The molecular formula is C8H10ClN3. The summed E-state index contributed by atoms with van der Waals surface area (Å²) in [4.78, 5) is 10.6. The summed E-state index contributed by atoms with van der Waals surface area (Å²) in [7, 11) is 0. The van der Waals surface area contributed by atoms with Crippen molar-refractivity contribution in [2.45, 2.75) is 19.9 Å². The van der Waals surface area contributed by atoms with E-state index in [0.717, 1.165) is 18.2 Å². The average Bonchev–Trinajstić information content (AvgIpc) is 2.31. The van der Waals surface area contributed by atoms with Gasteiger partial charge in [0.05, 0.1) is 12.6 Å². The fourth-order valence-corrected chi connectivity index (χ4v) is 1.78. The zero-order chi connectivity index (χ0) is 8.72. The summed E-state index contributed by atoms with van der Waals surface area (Å²) < 4.78 is 0. The van der Waals surface area contributed by atoms with Crippen LogP contribution in [0.15, 0.2) is 21.2 Å². The largest absolute Gasteiger partial charge is 0.310 e. The van der Waals surface area contributed by atoms with Gasteiger partial charge in [-0.1, -0.05) is 11.6 Å². The predicted molar refractivity (Wildman–Crippen MR) is 50.6 cm³/mol. The van der Waals surface area contributed by atoms with E-state index in [0.29, 0.717) is 11.2 Å². The molecule has 0 fully saturated rings. The second-order valence-corrected chi connectivity index (χ2v) is 3.43. The molecule has 2 heterocycles. The molecule has 0 bridgehead atoms. The van der Waals surface area contributed by atoms with Gasteiger partial charge in [-0.25, -0.2) is 4.99 Å². The van der Waals surface area contributed by atoms with Crippen LogP contribution in [0.3, 0.4) is 0 Å². The first kappa shape index (κ1) is 7.80. The summed E-state index contributed by atoms with van der Waals surface area (Å²) in [6, 6.07) is 0.421. The molecule has 0 aromatic heterocycles. The minimum Gasteiger partial charge on any atom is -0.310 e. The van der Waals surface area contributed by atoms with Crippen LogP contribution in [0.1, 0.15) is 13.8 Å². The van der Waals surface area contributed by atoms with Gasteiger partial charge in [0.1, 0.15) is 16.8 Å². The maximum atomic E-state index is 5.79. The molecule has 0 spiro atoms. The highest BCUT2D eigenvalue weighted by molar-refractivity contribution is 6.33. The first-order valence-electron chi connectivity index (χ1n) is 3.94. The molecule has 2 aliphatic rings. The molecule has 0 radical (unpaired) electrons. The number of amidine groups is 2. The quantitative estimate of drug-likeness (QED) is 0.525. The normalized spacial score (nSPS) is 27.8. The molecule has 1 unspecified atom stereocenters. The molecule has 12 heavy (non-hydrogen) atoms. The van der Waals surface area contributed by atoms with Crippen LogP contribution in [0, 0.1) is 0 Å². The van der Waals surface area contributed by atoms with E-state index >= 15 is 0 Å². The first-order chi connectivity index (χ1) is 5.68. The van der Waals surface area contributed by atoms with E-state index in [1.807, 2.05) is 6.92 Å². The van der Waals surface area contributed by atoms with E-state index in [9.17, 15) is 0 Å². The summed E-state index contributed by atoms with van der Waals surface area (Å²) in [6.07, 6.45) is 1.80. The van der Waals surface area contributed by atoms with Gasteiger partial charge in [0, 0.05) is 6.08 Å². The average molecular weight is 184 g/mol. The number of hydrogen-bond donors (Lipinski definition) is 0. The Bertz CT molecular complexity index is 303. The van der Waals surface area contributed by atoms with Crippen LogP contribution < -0.4 is 0 Å². The predicted octanol–water partition coefficient (Wildman–Crippen LogP) is 1.60. The van der Waals surface area contributed by atoms with Gasteiger partial charge in [-0.2, -0.15) is 0 Å². The Balaban J connectivity index is 2.39. The fraction of sp³-hybridized carbons (Fsp3) is 0.500. The zero-order valence-corrected chi connectivity index (χ0v) is 7.84. The first-order valence-corrected chi connectivity index (χ1v) is 4.32. The highest BCUT2D eigenvalue weighted by atomic mass is 35.5. The van der Waals surface area contributed by atoms with Crippen LogP contribution in [0.25, 0.3) is 0 Å². The third kappa shape index (κ3) is 1.05. The minimum absolute atomic E-state index is 0.421. The zero-order valence-electron chi connectivity index (χ0n) is 7.08. The number of aliphatic imine (C=N–C) groups is 2. The Kier molecular flexibility index (Phi) is 1.68. The van der Waals surface area contributed by atoms with Crippen LogP contribution >= 0.6 is 11.6 Å². The molecule has 0 saturated heterocycles. The Morgan fingerprint density at radius 2 is 2.42 bits per heavy atom. The summed E-state index contributed by atoms with van der Waals surface area (Å²) in [5.41, 5.74) is 0. The second-order valence-electron chi connectivity index (χ2n) is 3.04. The lowest BCUT2D eigenvalue weighted by molar-refractivity contribution is 0.510. The lowest BCUT2D eigenvalue weighted by Gasteiger charge is -2.25. The summed E-state index contributed by atoms with van der Waals surface area (Å²) in [5.74, 6) is 1.88. The van der Waals surface area contributed by atoms with Gasteiger partial charge in [0.2, 0.25) is 0 Å². The molecule has 2 aliphatic heterocycles. The van der Waals surface area contributed by atoms with E-state index in [1.165, 1.54) is 0 Å². The SMILES string of the molecule is CC1=NC(Cl)=CC2=NCC(C)N12. The topological polar surface area (TPSA) is 28.0 Å². The minimum atomic E-state index is 0.421. The molecule has 0 saturated carbocycles. The van der Waals surface area contributed by atoms with Gasteiger partial charge >= 0.3 is 0 Å². The van der Waals surface area contributed by atoms with Crippen molar-refractivity contribution in [3.8, 4) is 0 Å². The summed E-state index contributed by atoms with van der Waals surface area (Å²) in [6.45, 7) is 4.91. The van der Waals surface area contributed by atoms with Gasteiger partial charge in [0.25, 0.3) is 0 Å². The van der Waals surface area contributed by atoms with Crippen molar-refractivity contribution in [1.82, 2.24) is 4.90 Å². The Morgan fingerprint density at radius 1 is 1.67 bits per heavy atom. The molecule has 0 aromatic rings. The van der Waals surface area contributed by atoms with Gasteiger partial charge < -0.3 is 4.90 Å². The summed E-state index contributed by atoms with van der Waals surface area (Å²) >= 11 is 5.79. The highest BCUT2D eigenvalue weighted by Crippen LogP contribution is 2.20. The second kappa shape index (κ2) is 2.59. The number of rotatable bonds is 0. The molecule has 0 amide bonds. The molecule has 2 rings (SSSR count). The van der Waals surface area contributed by atoms with Crippen LogP contribution in [0.2, 0.25) is 0 Å². The Hall–Kier alpha value is -0.830. The smallest absolute Gasteiger partial charge is 0.134 e. The Labute approximate surface area is 76.4 Å². The molecule has 64 valence electrons. The molecule has 4 heteroatoms. The standard InChI is InChI=1S/C8H10ClN3/c1-5-4-10-8-3-7(9)11-6(2)12(5)8/h3,5H,4H2,1-2H3. The van der Waals surface area contributed by atoms with E-state index in [1.54, 1.807) is 6.08 Å². The van der Waals surface area contributed by atoms with E-state index in [4.69, 9.17) is 11.6 Å². The molecular weight excluding hydrogens is 174 g/mol. The van der Waals surface area contributed by atoms with Crippen molar-refractivity contribution in [1.29, 1.82) is 0 Å².